The van der Waals surface area contributed by atoms with Crippen molar-refractivity contribution in [2.75, 3.05) is 0 Å². The zero-order valence-corrected chi connectivity index (χ0v) is 6.33. The van der Waals surface area contributed by atoms with E-state index in [1.807, 2.05) is 0 Å². The Morgan fingerprint density at radius 3 is 2.33 bits per heavy atom. The summed E-state index contributed by atoms with van der Waals surface area (Å²) in [4.78, 5) is 10.6. The lowest BCUT2D eigenvalue weighted by Crippen LogP contribution is -2.22. The van der Waals surface area contributed by atoms with Gasteiger partial charge >= 0.3 is 0 Å². The molecule has 0 aliphatic rings. The Kier molecular flexibility index (Phi) is 3.12. The van der Waals surface area contributed by atoms with Crippen LogP contribution in [-0.4, -0.2) is 10.9 Å². The highest BCUT2D eigenvalue weighted by molar-refractivity contribution is 6.33. The number of carbonyl (C=O) groups excluding carboxylic acids is 1. The van der Waals surface area contributed by atoms with Crippen LogP contribution in [0.3, 0.4) is 0 Å². The van der Waals surface area contributed by atoms with Gasteiger partial charge in [-0.2, -0.15) is 0 Å². The molecule has 3 heteroatoms. The van der Waals surface area contributed by atoms with Crippen molar-refractivity contribution in [3.8, 4) is 0 Å². The van der Waals surface area contributed by atoms with E-state index in [1.165, 1.54) is 0 Å². The first kappa shape index (κ1) is 8.89. The molecule has 0 aromatic heterocycles. The molecule has 0 bridgehead atoms. The fourth-order valence-electron chi connectivity index (χ4n) is 0.447. The van der Waals surface area contributed by atoms with Crippen LogP contribution in [0.4, 0.5) is 4.39 Å². The fourth-order valence-corrected chi connectivity index (χ4v) is 0.541. The minimum atomic E-state index is -2.16. The number of halogens is 2. The lowest BCUT2D eigenvalue weighted by atomic mass is 10.2. The second-order valence-corrected chi connectivity index (χ2v) is 2.77. The topological polar surface area (TPSA) is 17.1 Å². The second-order valence-electron chi connectivity index (χ2n) is 2.06. The summed E-state index contributed by atoms with van der Waals surface area (Å²) in [5, 5.41) is -2.16. The van der Waals surface area contributed by atoms with Gasteiger partial charge in [0.25, 0.3) is 0 Å². The first-order valence-corrected chi connectivity index (χ1v) is 3.27. The standard InChI is InChI=1S/C6H10ClFO/c1-3-4-5(9)6(2,7)8/h3-4H2,1-2H3. The summed E-state index contributed by atoms with van der Waals surface area (Å²) in [6.45, 7) is 2.87. The van der Waals surface area contributed by atoms with Gasteiger partial charge in [-0.15, -0.1) is 0 Å². The molecule has 0 aromatic carbocycles. The maximum absolute atomic E-state index is 12.4. The van der Waals surface area contributed by atoms with Gasteiger partial charge in [-0.05, 0) is 13.3 Å². The summed E-state index contributed by atoms with van der Waals surface area (Å²) in [5.41, 5.74) is 0. The number of rotatable bonds is 3. The number of alkyl halides is 2. The summed E-state index contributed by atoms with van der Waals surface area (Å²) in [7, 11) is 0. The monoisotopic (exact) mass is 152 g/mol. The Bertz CT molecular complexity index is 106. The van der Waals surface area contributed by atoms with E-state index in [2.05, 4.69) is 0 Å². The van der Waals surface area contributed by atoms with Crippen LogP contribution in [0.15, 0.2) is 0 Å². The highest BCUT2D eigenvalue weighted by atomic mass is 35.5. The molecule has 0 heterocycles. The second kappa shape index (κ2) is 3.16. The SMILES string of the molecule is CCCC(=O)C(C)(F)Cl. The average Bonchev–Trinajstić information content (AvgIpc) is 1.64. The molecule has 9 heavy (non-hydrogen) atoms. The van der Waals surface area contributed by atoms with E-state index in [4.69, 9.17) is 11.6 Å². The van der Waals surface area contributed by atoms with E-state index < -0.39 is 10.9 Å². The highest BCUT2D eigenvalue weighted by Gasteiger charge is 2.27. The van der Waals surface area contributed by atoms with Crippen molar-refractivity contribution in [2.45, 2.75) is 31.8 Å². The van der Waals surface area contributed by atoms with Crippen LogP contribution in [-0.2, 0) is 4.79 Å². The van der Waals surface area contributed by atoms with Crippen molar-refractivity contribution in [1.29, 1.82) is 0 Å². The van der Waals surface area contributed by atoms with Gasteiger partial charge in [0, 0.05) is 6.42 Å². The summed E-state index contributed by atoms with van der Waals surface area (Å²) >= 11 is 5.05. The predicted molar refractivity (Wildman–Crippen MR) is 35.3 cm³/mol. The van der Waals surface area contributed by atoms with Crippen LogP contribution < -0.4 is 0 Å². The van der Waals surface area contributed by atoms with E-state index in [-0.39, 0.29) is 6.42 Å². The predicted octanol–water partition coefficient (Wildman–Crippen LogP) is 2.28. The van der Waals surface area contributed by atoms with Crippen molar-refractivity contribution >= 4 is 17.4 Å². The molecule has 1 atom stereocenters. The molecule has 0 amide bonds. The molecule has 1 nitrogen and oxygen atoms in total. The summed E-state index contributed by atoms with van der Waals surface area (Å²) in [5.74, 6) is -0.535. The van der Waals surface area contributed by atoms with Crippen molar-refractivity contribution in [2.24, 2.45) is 0 Å². The molecule has 0 aliphatic heterocycles. The number of ketones is 1. The Balaban J connectivity index is 3.74. The largest absolute Gasteiger partial charge is 0.295 e. The lowest BCUT2D eigenvalue weighted by molar-refractivity contribution is -0.125. The lowest BCUT2D eigenvalue weighted by Gasteiger charge is -2.07. The summed E-state index contributed by atoms with van der Waals surface area (Å²) < 4.78 is 12.4. The molecule has 0 spiro atoms. The first-order valence-electron chi connectivity index (χ1n) is 2.89. The number of hydrogen-bond donors (Lipinski definition) is 0. The minimum Gasteiger partial charge on any atom is -0.295 e. The molecule has 0 N–H and O–H groups in total. The molecule has 0 saturated carbocycles. The van der Waals surface area contributed by atoms with Gasteiger partial charge in [0.15, 0.2) is 5.78 Å². The van der Waals surface area contributed by atoms with Gasteiger partial charge in [0.05, 0.1) is 0 Å². The third-order valence-corrected chi connectivity index (χ3v) is 1.18. The summed E-state index contributed by atoms with van der Waals surface area (Å²) in [6, 6.07) is 0. The number of Topliss-reactive ketones (excluding diaryl/α,β-unsaturated/α-hetero) is 1. The zero-order chi connectivity index (χ0) is 7.49. The zero-order valence-electron chi connectivity index (χ0n) is 5.58. The molecular weight excluding hydrogens is 143 g/mol. The molecule has 0 saturated heterocycles. The molecule has 0 aliphatic carbocycles. The van der Waals surface area contributed by atoms with E-state index in [0.29, 0.717) is 6.42 Å². The first-order chi connectivity index (χ1) is 3.98. The Morgan fingerprint density at radius 1 is 1.78 bits per heavy atom. The maximum Gasteiger partial charge on any atom is 0.238 e. The van der Waals surface area contributed by atoms with Crippen molar-refractivity contribution in [3.63, 3.8) is 0 Å². The van der Waals surface area contributed by atoms with Crippen LogP contribution in [0.2, 0.25) is 0 Å². The van der Waals surface area contributed by atoms with Gasteiger partial charge in [0.2, 0.25) is 5.13 Å². The van der Waals surface area contributed by atoms with Crippen molar-refractivity contribution < 1.29 is 9.18 Å². The van der Waals surface area contributed by atoms with E-state index in [1.54, 1.807) is 6.92 Å². The minimum absolute atomic E-state index is 0.219. The smallest absolute Gasteiger partial charge is 0.238 e. The molecule has 54 valence electrons. The van der Waals surface area contributed by atoms with Gasteiger partial charge in [-0.1, -0.05) is 18.5 Å². The Morgan fingerprint density at radius 2 is 2.22 bits per heavy atom. The van der Waals surface area contributed by atoms with Crippen LogP contribution in [0.25, 0.3) is 0 Å². The molecule has 0 aromatic rings. The molecular formula is C6H10ClFO. The molecule has 0 radical (unpaired) electrons. The van der Waals surface area contributed by atoms with Crippen molar-refractivity contribution in [3.05, 3.63) is 0 Å². The normalized spacial score (nSPS) is 16.9. The quantitative estimate of drug-likeness (QED) is 0.567. The third kappa shape index (κ3) is 3.46. The van der Waals surface area contributed by atoms with Gasteiger partial charge in [-0.25, -0.2) is 4.39 Å². The van der Waals surface area contributed by atoms with Crippen LogP contribution in [0.5, 0.6) is 0 Å². The Labute approximate surface area is 59.2 Å². The maximum atomic E-state index is 12.4. The molecule has 1 unspecified atom stereocenters. The van der Waals surface area contributed by atoms with E-state index in [9.17, 15) is 9.18 Å². The highest BCUT2D eigenvalue weighted by Crippen LogP contribution is 2.18. The van der Waals surface area contributed by atoms with Crippen LogP contribution in [0, 0.1) is 0 Å². The number of carbonyl (C=O) groups is 1. The van der Waals surface area contributed by atoms with E-state index in [0.717, 1.165) is 6.92 Å². The van der Waals surface area contributed by atoms with Crippen LogP contribution >= 0.6 is 11.6 Å². The van der Waals surface area contributed by atoms with Gasteiger partial charge in [0.1, 0.15) is 0 Å². The molecule has 0 rings (SSSR count). The fraction of sp³-hybridized carbons (Fsp3) is 0.833. The van der Waals surface area contributed by atoms with Crippen molar-refractivity contribution in [1.82, 2.24) is 0 Å². The summed E-state index contributed by atoms with van der Waals surface area (Å²) in [6.07, 6.45) is 0.863. The van der Waals surface area contributed by atoms with Gasteiger partial charge < -0.3 is 0 Å². The third-order valence-electron chi connectivity index (χ3n) is 0.967. The Hall–Kier alpha value is -0.110. The van der Waals surface area contributed by atoms with E-state index >= 15 is 0 Å². The van der Waals surface area contributed by atoms with Gasteiger partial charge in [-0.3, -0.25) is 4.79 Å². The average molecular weight is 153 g/mol. The van der Waals surface area contributed by atoms with Crippen LogP contribution in [0.1, 0.15) is 26.7 Å². The molecule has 0 fully saturated rings. The number of hydrogen-bond acceptors (Lipinski definition) is 1.